The van der Waals surface area contributed by atoms with Gasteiger partial charge in [0.25, 0.3) is 0 Å². The number of amides is 1. The van der Waals surface area contributed by atoms with E-state index in [0.717, 1.165) is 0 Å². The summed E-state index contributed by atoms with van der Waals surface area (Å²) in [5.74, 6) is -0.368. The van der Waals surface area contributed by atoms with Gasteiger partial charge >= 0.3 is 6.18 Å². The third kappa shape index (κ3) is 4.98. The molecule has 8 heteroatoms. The van der Waals surface area contributed by atoms with Crippen LogP contribution in [-0.2, 0) is 4.79 Å². The Balaban J connectivity index is 2.45. The van der Waals surface area contributed by atoms with Crippen LogP contribution in [0.1, 0.15) is 11.4 Å². The van der Waals surface area contributed by atoms with E-state index in [2.05, 4.69) is 15.3 Å². The van der Waals surface area contributed by atoms with Crippen LogP contribution in [0, 0.1) is 13.8 Å². The molecule has 0 radical (unpaired) electrons. The summed E-state index contributed by atoms with van der Waals surface area (Å²) in [6.07, 6.45) is -2.85. The van der Waals surface area contributed by atoms with E-state index >= 15 is 0 Å². The van der Waals surface area contributed by atoms with Gasteiger partial charge in [0.2, 0.25) is 5.91 Å². The maximum Gasteiger partial charge on any atom is 0.405 e. The summed E-state index contributed by atoms with van der Waals surface area (Å²) in [6.45, 7) is 1.78. The normalized spacial score (nSPS) is 11.2. The zero-order valence-electron chi connectivity index (χ0n) is 9.93. The lowest BCUT2D eigenvalue weighted by Gasteiger charge is -2.10. The summed E-state index contributed by atoms with van der Waals surface area (Å²) in [6, 6.07) is 0. The number of anilines is 1. The predicted octanol–water partition coefficient (Wildman–Crippen LogP) is 1.18. The highest BCUT2D eigenvalue weighted by atomic mass is 19.4. The van der Waals surface area contributed by atoms with E-state index in [0.29, 0.717) is 17.2 Å². The summed E-state index contributed by atoms with van der Waals surface area (Å²) in [4.78, 5) is 19.2. The molecule has 0 spiro atoms. The largest absolute Gasteiger partial charge is 0.405 e. The van der Waals surface area contributed by atoms with E-state index < -0.39 is 18.6 Å². The molecule has 1 aromatic heterocycles. The Morgan fingerprint density at radius 2 is 2.06 bits per heavy atom. The molecule has 0 aromatic carbocycles. The van der Waals surface area contributed by atoms with Gasteiger partial charge in [-0.1, -0.05) is 0 Å². The van der Waals surface area contributed by atoms with Gasteiger partial charge in [0, 0.05) is 6.20 Å². The first kappa shape index (κ1) is 14.2. The van der Waals surface area contributed by atoms with E-state index in [1.165, 1.54) is 0 Å². The van der Waals surface area contributed by atoms with E-state index in [1.54, 1.807) is 25.4 Å². The van der Waals surface area contributed by atoms with Gasteiger partial charge < -0.3 is 10.6 Å². The van der Waals surface area contributed by atoms with Crippen LogP contribution in [-0.4, -0.2) is 35.1 Å². The third-order valence-electron chi connectivity index (χ3n) is 1.98. The van der Waals surface area contributed by atoms with Crippen LogP contribution in [0.25, 0.3) is 0 Å². The average molecular weight is 262 g/mol. The second-order valence-corrected chi connectivity index (χ2v) is 3.69. The van der Waals surface area contributed by atoms with E-state index in [-0.39, 0.29) is 6.54 Å². The second kappa shape index (κ2) is 5.65. The van der Waals surface area contributed by atoms with Crippen molar-refractivity contribution < 1.29 is 18.0 Å². The molecule has 0 aliphatic heterocycles. The van der Waals surface area contributed by atoms with Gasteiger partial charge in [0.1, 0.15) is 12.4 Å². The van der Waals surface area contributed by atoms with Crippen LogP contribution in [0.2, 0.25) is 0 Å². The highest BCUT2D eigenvalue weighted by Gasteiger charge is 2.27. The fraction of sp³-hybridized carbons (Fsp3) is 0.500. The Hall–Kier alpha value is -1.86. The predicted molar refractivity (Wildman–Crippen MR) is 59.1 cm³/mol. The van der Waals surface area contributed by atoms with Gasteiger partial charge in [-0.25, -0.2) is 4.98 Å². The minimum absolute atomic E-state index is 0.283. The van der Waals surface area contributed by atoms with Crippen LogP contribution >= 0.6 is 0 Å². The summed E-state index contributed by atoms with van der Waals surface area (Å²) in [7, 11) is 0. The number of alkyl halides is 3. The molecule has 0 unspecified atom stereocenters. The average Bonchev–Trinajstić information content (AvgIpc) is 2.26. The van der Waals surface area contributed by atoms with Crippen molar-refractivity contribution in [3.63, 3.8) is 0 Å². The number of nitrogens with one attached hydrogen (secondary N) is 2. The standard InChI is InChI=1S/C10H13F3N4O/c1-6-3-14-7(2)9(17-6)15-4-8(18)16-5-10(11,12)13/h3H,4-5H2,1-2H3,(H,15,17)(H,16,18). The van der Waals surface area contributed by atoms with Crippen molar-refractivity contribution in [2.24, 2.45) is 0 Å². The lowest BCUT2D eigenvalue weighted by atomic mass is 10.4. The van der Waals surface area contributed by atoms with E-state index in [9.17, 15) is 18.0 Å². The summed E-state index contributed by atoms with van der Waals surface area (Å²) < 4.78 is 35.5. The maximum absolute atomic E-state index is 11.8. The van der Waals surface area contributed by atoms with Crippen molar-refractivity contribution in [2.75, 3.05) is 18.4 Å². The number of hydrogen-bond acceptors (Lipinski definition) is 4. The molecule has 0 aliphatic carbocycles. The Labute approximate surface area is 102 Å². The molecule has 100 valence electrons. The SMILES string of the molecule is Cc1cnc(C)c(NCC(=O)NCC(F)(F)F)n1. The minimum Gasteiger partial charge on any atom is -0.359 e. The molecule has 0 bridgehead atoms. The highest BCUT2D eigenvalue weighted by molar-refractivity contribution is 5.80. The molecule has 0 saturated heterocycles. The fourth-order valence-electron chi connectivity index (χ4n) is 1.13. The molecule has 5 nitrogen and oxygen atoms in total. The molecule has 1 amide bonds. The Bertz CT molecular complexity index is 434. The lowest BCUT2D eigenvalue weighted by Crippen LogP contribution is -2.37. The molecule has 0 saturated carbocycles. The Morgan fingerprint density at radius 1 is 1.39 bits per heavy atom. The van der Waals surface area contributed by atoms with Crippen molar-refractivity contribution in [3.8, 4) is 0 Å². The molecule has 0 fully saturated rings. The van der Waals surface area contributed by atoms with Crippen molar-refractivity contribution >= 4 is 11.7 Å². The molecule has 1 aromatic rings. The van der Waals surface area contributed by atoms with Crippen LogP contribution in [0.4, 0.5) is 19.0 Å². The third-order valence-corrected chi connectivity index (χ3v) is 1.98. The number of aromatic nitrogens is 2. The van der Waals surface area contributed by atoms with Crippen LogP contribution in [0.3, 0.4) is 0 Å². The van der Waals surface area contributed by atoms with Crippen LogP contribution in [0.15, 0.2) is 6.20 Å². The first-order valence-corrected chi connectivity index (χ1v) is 5.15. The Morgan fingerprint density at radius 3 is 2.67 bits per heavy atom. The van der Waals surface area contributed by atoms with Crippen molar-refractivity contribution in [1.82, 2.24) is 15.3 Å². The van der Waals surface area contributed by atoms with Crippen molar-refractivity contribution in [1.29, 1.82) is 0 Å². The number of carbonyl (C=O) groups excluding carboxylic acids is 1. The zero-order chi connectivity index (χ0) is 13.8. The quantitative estimate of drug-likeness (QED) is 0.855. The fourth-order valence-corrected chi connectivity index (χ4v) is 1.13. The number of nitrogens with zero attached hydrogens (tertiary/aromatic N) is 2. The molecule has 0 atom stereocenters. The lowest BCUT2D eigenvalue weighted by molar-refractivity contribution is -0.137. The van der Waals surface area contributed by atoms with Crippen molar-refractivity contribution in [3.05, 3.63) is 17.6 Å². The van der Waals surface area contributed by atoms with Gasteiger partial charge in [-0.2, -0.15) is 13.2 Å². The maximum atomic E-state index is 11.8. The molecule has 0 aliphatic rings. The van der Waals surface area contributed by atoms with Gasteiger partial charge in [0.15, 0.2) is 0 Å². The number of aryl methyl sites for hydroxylation is 2. The van der Waals surface area contributed by atoms with Gasteiger partial charge in [0.05, 0.1) is 17.9 Å². The second-order valence-electron chi connectivity index (χ2n) is 3.69. The number of hydrogen-bond donors (Lipinski definition) is 2. The molecule has 1 rings (SSSR count). The zero-order valence-corrected chi connectivity index (χ0v) is 9.93. The molecular formula is C10H13F3N4O. The first-order chi connectivity index (χ1) is 8.28. The Kier molecular flexibility index (Phi) is 4.46. The minimum atomic E-state index is -4.41. The number of halogens is 3. The first-order valence-electron chi connectivity index (χ1n) is 5.15. The molecule has 18 heavy (non-hydrogen) atoms. The topological polar surface area (TPSA) is 66.9 Å². The monoisotopic (exact) mass is 262 g/mol. The molecular weight excluding hydrogens is 249 g/mol. The van der Waals surface area contributed by atoms with Gasteiger partial charge in [-0.05, 0) is 13.8 Å². The summed E-state index contributed by atoms with van der Waals surface area (Å²) in [5.41, 5.74) is 1.23. The number of carbonyl (C=O) groups is 1. The van der Waals surface area contributed by atoms with Crippen LogP contribution < -0.4 is 10.6 Å². The van der Waals surface area contributed by atoms with E-state index in [1.807, 2.05) is 0 Å². The van der Waals surface area contributed by atoms with Gasteiger partial charge in [-0.3, -0.25) is 9.78 Å². The summed E-state index contributed by atoms with van der Waals surface area (Å²) in [5, 5.41) is 4.39. The van der Waals surface area contributed by atoms with Gasteiger partial charge in [-0.15, -0.1) is 0 Å². The van der Waals surface area contributed by atoms with E-state index in [4.69, 9.17) is 0 Å². The number of rotatable bonds is 4. The smallest absolute Gasteiger partial charge is 0.359 e. The van der Waals surface area contributed by atoms with Crippen molar-refractivity contribution in [2.45, 2.75) is 20.0 Å². The van der Waals surface area contributed by atoms with Crippen LogP contribution in [0.5, 0.6) is 0 Å². The molecule has 1 heterocycles. The molecule has 2 N–H and O–H groups in total. The summed E-state index contributed by atoms with van der Waals surface area (Å²) >= 11 is 0. The highest BCUT2D eigenvalue weighted by Crippen LogP contribution is 2.12.